The normalized spacial score (nSPS) is 10.4. The fourth-order valence-corrected chi connectivity index (χ4v) is 3.35. The Kier molecular flexibility index (Phi) is 6.49. The van der Waals surface area contributed by atoms with Gasteiger partial charge in [0.25, 0.3) is 5.91 Å². The second kappa shape index (κ2) is 9.23. The highest BCUT2D eigenvalue weighted by Crippen LogP contribution is 2.31. The lowest BCUT2D eigenvalue weighted by Gasteiger charge is -2.11. The van der Waals surface area contributed by atoms with Crippen LogP contribution in [0, 0.1) is 0 Å². The molecule has 28 heavy (non-hydrogen) atoms. The minimum Gasteiger partial charge on any atom is -0.496 e. The van der Waals surface area contributed by atoms with Crippen LogP contribution in [0.1, 0.15) is 23.7 Å². The van der Waals surface area contributed by atoms with Crippen LogP contribution in [0.5, 0.6) is 17.2 Å². The zero-order chi connectivity index (χ0) is 19.9. The van der Waals surface area contributed by atoms with Crippen LogP contribution >= 0.6 is 11.3 Å². The molecule has 1 amide bonds. The van der Waals surface area contributed by atoms with Crippen molar-refractivity contribution in [1.29, 1.82) is 0 Å². The number of benzene rings is 2. The summed E-state index contributed by atoms with van der Waals surface area (Å²) in [5.74, 6) is 1.38. The molecule has 146 valence electrons. The molecule has 0 aliphatic rings. The number of amides is 1. The number of hydrogen-bond acceptors (Lipinski definition) is 6. The van der Waals surface area contributed by atoms with Gasteiger partial charge in [-0.05, 0) is 42.8 Å². The number of anilines is 1. The van der Waals surface area contributed by atoms with Gasteiger partial charge in [0, 0.05) is 10.9 Å². The Morgan fingerprint density at radius 2 is 1.75 bits per heavy atom. The predicted octanol–water partition coefficient (Wildman–Crippen LogP) is 4.87. The maximum Gasteiger partial charge on any atom is 0.265 e. The first-order valence-corrected chi connectivity index (χ1v) is 9.75. The monoisotopic (exact) mass is 398 g/mol. The molecule has 1 aromatic heterocycles. The summed E-state index contributed by atoms with van der Waals surface area (Å²) in [6, 6.07) is 12.9. The van der Waals surface area contributed by atoms with Crippen molar-refractivity contribution < 1.29 is 19.0 Å². The number of carbonyl (C=O) groups excluding carboxylic acids is 1. The van der Waals surface area contributed by atoms with Gasteiger partial charge in [0.2, 0.25) is 0 Å². The zero-order valence-corrected chi connectivity index (χ0v) is 16.8. The average Bonchev–Trinajstić information content (AvgIpc) is 3.20. The number of hydrogen-bond donors (Lipinski definition) is 1. The van der Waals surface area contributed by atoms with Crippen molar-refractivity contribution in [1.82, 2.24) is 4.98 Å². The van der Waals surface area contributed by atoms with Crippen molar-refractivity contribution >= 4 is 22.4 Å². The van der Waals surface area contributed by atoms with E-state index in [0.29, 0.717) is 28.8 Å². The van der Waals surface area contributed by atoms with Gasteiger partial charge in [0.05, 0.1) is 26.5 Å². The number of rotatable bonds is 8. The van der Waals surface area contributed by atoms with Gasteiger partial charge < -0.3 is 14.2 Å². The summed E-state index contributed by atoms with van der Waals surface area (Å²) in [7, 11) is 3.03. The molecule has 0 bridgehead atoms. The third-order valence-corrected chi connectivity index (χ3v) is 4.76. The minimum absolute atomic E-state index is 0.335. The zero-order valence-electron chi connectivity index (χ0n) is 16.0. The van der Waals surface area contributed by atoms with E-state index in [1.165, 1.54) is 25.6 Å². The smallest absolute Gasteiger partial charge is 0.265 e. The molecule has 0 fully saturated rings. The third kappa shape index (κ3) is 4.43. The van der Waals surface area contributed by atoms with E-state index in [4.69, 9.17) is 14.2 Å². The molecule has 0 radical (unpaired) electrons. The quantitative estimate of drug-likeness (QED) is 0.586. The Morgan fingerprint density at radius 3 is 2.36 bits per heavy atom. The van der Waals surface area contributed by atoms with Gasteiger partial charge in [-0.15, -0.1) is 11.3 Å². The largest absolute Gasteiger partial charge is 0.496 e. The van der Waals surface area contributed by atoms with Crippen molar-refractivity contribution in [3.63, 3.8) is 0 Å². The van der Waals surface area contributed by atoms with Gasteiger partial charge in [0.15, 0.2) is 5.13 Å². The Hall–Kier alpha value is -3.06. The lowest BCUT2D eigenvalue weighted by atomic mass is 10.1. The Bertz CT molecular complexity index is 916. The number of nitrogens with one attached hydrogen (secondary N) is 1. The summed E-state index contributed by atoms with van der Waals surface area (Å²) >= 11 is 1.36. The molecular formula is C21H22N2O4S. The van der Waals surface area contributed by atoms with E-state index in [9.17, 15) is 4.79 Å². The number of methoxy groups -OCH3 is 2. The highest BCUT2D eigenvalue weighted by Gasteiger charge is 2.19. The summed E-state index contributed by atoms with van der Waals surface area (Å²) in [5, 5.41) is 5.22. The SMILES string of the molecule is CCCOc1ccc(-c2csc(NC(=O)c3c(OC)cccc3OC)n2)cc1. The van der Waals surface area contributed by atoms with E-state index in [2.05, 4.69) is 17.2 Å². The molecule has 0 spiro atoms. The molecule has 1 N–H and O–H groups in total. The molecule has 3 aromatic rings. The molecule has 3 rings (SSSR count). The van der Waals surface area contributed by atoms with Crippen LogP contribution in [0.2, 0.25) is 0 Å². The molecule has 0 saturated heterocycles. The maximum absolute atomic E-state index is 12.7. The van der Waals surface area contributed by atoms with Crippen LogP contribution in [0.3, 0.4) is 0 Å². The topological polar surface area (TPSA) is 69.7 Å². The summed E-state index contributed by atoms with van der Waals surface area (Å²) < 4.78 is 16.2. The first kappa shape index (κ1) is 19.7. The Balaban J connectivity index is 1.75. The van der Waals surface area contributed by atoms with E-state index in [1.807, 2.05) is 29.6 Å². The van der Waals surface area contributed by atoms with Crippen molar-refractivity contribution in [3.05, 3.63) is 53.4 Å². The first-order valence-electron chi connectivity index (χ1n) is 8.87. The van der Waals surface area contributed by atoms with Crippen LogP contribution in [-0.2, 0) is 0 Å². The minimum atomic E-state index is -0.335. The molecule has 6 nitrogen and oxygen atoms in total. The molecular weight excluding hydrogens is 376 g/mol. The molecule has 1 heterocycles. The van der Waals surface area contributed by atoms with Gasteiger partial charge in [0.1, 0.15) is 22.8 Å². The Morgan fingerprint density at radius 1 is 1.07 bits per heavy atom. The van der Waals surface area contributed by atoms with Crippen molar-refractivity contribution in [3.8, 4) is 28.5 Å². The van der Waals surface area contributed by atoms with Crippen LogP contribution < -0.4 is 19.5 Å². The molecule has 0 aliphatic carbocycles. The van der Waals surface area contributed by atoms with E-state index < -0.39 is 0 Å². The summed E-state index contributed by atoms with van der Waals surface area (Å²) in [6.07, 6.45) is 0.966. The fraction of sp³-hybridized carbons (Fsp3) is 0.238. The molecule has 0 saturated carbocycles. The number of carbonyl (C=O) groups is 1. The van der Waals surface area contributed by atoms with Crippen LogP contribution in [0.25, 0.3) is 11.3 Å². The molecule has 0 unspecified atom stereocenters. The van der Waals surface area contributed by atoms with Crippen LogP contribution in [0.4, 0.5) is 5.13 Å². The first-order chi connectivity index (χ1) is 13.7. The van der Waals surface area contributed by atoms with E-state index >= 15 is 0 Å². The summed E-state index contributed by atoms with van der Waals surface area (Å²) in [5.41, 5.74) is 2.08. The number of ether oxygens (including phenoxy) is 3. The van der Waals surface area contributed by atoms with Gasteiger partial charge in [-0.3, -0.25) is 10.1 Å². The lowest BCUT2D eigenvalue weighted by molar-refractivity contribution is 0.102. The van der Waals surface area contributed by atoms with Gasteiger partial charge in [-0.25, -0.2) is 4.98 Å². The van der Waals surface area contributed by atoms with Crippen molar-refractivity contribution in [2.75, 3.05) is 26.1 Å². The lowest BCUT2D eigenvalue weighted by Crippen LogP contribution is -2.14. The fourth-order valence-electron chi connectivity index (χ4n) is 2.64. The standard InChI is InChI=1S/C21H22N2O4S/c1-4-12-27-15-10-8-14(9-11-15)16-13-28-21(22-16)23-20(24)19-17(25-2)6-5-7-18(19)26-3/h5-11,13H,4,12H2,1-3H3,(H,22,23,24). The van der Waals surface area contributed by atoms with Gasteiger partial charge in [-0.2, -0.15) is 0 Å². The average molecular weight is 398 g/mol. The number of aromatic nitrogens is 1. The second-order valence-electron chi connectivity index (χ2n) is 5.90. The van der Waals surface area contributed by atoms with Gasteiger partial charge in [-0.1, -0.05) is 13.0 Å². The Labute approximate surface area is 168 Å². The maximum atomic E-state index is 12.7. The number of nitrogens with zero attached hydrogens (tertiary/aromatic N) is 1. The van der Waals surface area contributed by atoms with E-state index in [0.717, 1.165) is 23.4 Å². The highest BCUT2D eigenvalue weighted by atomic mass is 32.1. The predicted molar refractivity (Wildman–Crippen MR) is 111 cm³/mol. The van der Waals surface area contributed by atoms with E-state index in [-0.39, 0.29) is 5.91 Å². The molecule has 0 atom stereocenters. The molecule has 2 aromatic carbocycles. The molecule has 0 aliphatic heterocycles. The second-order valence-corrected chi connectivity index (χ2v) is 6.76. The third-order valence-electron chi connectivity index (χ3n) is 4.00. The van der Waals surface area contributed by atoms with Gasteiger partial charge >= 0.3 is 0 Å². The highest BCUT2D eigenvalue weighted by molar-refractivity contribution is 7.14. The van der Waals surface area contributed by atoms with Crippen LogP contribution in [-0.4, -0.2) is 31.7 Å². The van der Waals surface area contributed by atoms with Crippen LogP contribution in [0.15, 0.2) is 47.8 Å². The van der Waals surface area contributed by atoms with Crippen molar-refractivity contribution in [2.45, 2.75) is 13.3 Å². The summed E-state index contributed by atoms with van der Waals surface area (Å²) in [6.45, 7) is 2.76. The summed E-state index contributed by atoms with van der Waals surface area (Å²) in [4.78, 5) is 17.3. The number of thiazole rings is 1. The molecule has 7 heteroatoms. The van der Waals surface area contributed by atoms with E-state index in [1.54, 1.807) is 18.2 Å². The van der Waals surface area contributed by atoms with Crippen molar-refractivity contribution in [2.24, 2.45) is 0 Å².